The van der Waals surface area contributed by atoms with Crippen molar-refractivity contribution in [1.29, 1.82) is 0 Å². The second-order valence-electron chi connectivity index (χ2n) is 25.1. The van der Waals surface area contributed by atoms with E-state index in [0.717, 1.165) is 11.0 Å². The highest BCUT2D eigenvalue weighted by Gasteiger charge is 2.50. The number of thiophene rings is 4. The fourth-order valence-electron chi connectivity index (χ4n) is 13.3. The van der Waals surface area contributed by atoms with Gasteiger partial charge in [0, 0.05) is 60.3 Å². The Morgan fingerprint density at radius 1 is 0.459 bits per heavy atom. The van der Waals surface area contributed by atoms with Gasteiger partial charge in [-0.2, -0.15) is 8.75 Å². The number of unbranched alkanes of at least 4 members (excludes halogenated alkanes) is 15. The van der Waals surface area contributed by atoms with Crippen LogP contribution in [0.4, 0.5) is 0 Å². The lowest BCUT2D eigenvalue weighted by atomic mass is 9.81. The van der Waals surface area contributed by atoms with E-state index in [-0.39, 0.29) is 10.8 Å². The summed E-state index contributed by atoms with van der Waals surface area (Å²) >= 11 is 12.2. The topological polar surface area (TPSA) is 25.8 Å². The Bertz CT molecular complexity index is 2810. The van der Waals surface area contributed by atoms with Crippen LogP contribution < -0.4 is 20.7 Å². The van der Waals surface area contributed by atoms with Gasteiger partial charge in [0.15, 0.2) is 0 Å². The van der Waals surface area contributed by atoms with Crippen molar-refractivity contribution in [1.82, 2.24) is 8.75 Å². The number of hydrogen-bond acceptors (Lipinski definition) is 8. The zero-order valence-corrected chi connectivity index (χ0v) is 54.6. The largest absolute Gasteiger partial charge is 0.172 e. The van der Waals surface area contributed by atoms with Gasteiger partial charge in [-0.3, -0.25) is 0 Å². The van der Waals surface area contributed by atoms with E-state index in [1.54, 1.807) is 54.9 Å². The van der Waals surface area contributed by atoms with Crippen LogP contribution in [0.1, 0.15) is 221 Å². The summed E-state index contributed by atoms with van der Waals surface area (Å²) in [6, 6.07) is 21.5. The van der Waals surface area contributed by atoms with E-state index in [1.807, 2.05) is 0 Å². The molecule has 0 saturated heterocycles. The lowest BCUT2D eigenvalue weighted by molar-refractivity contribution is 0.330. The van der Waals surface area contributed by atoms with Crippen molar-refractivity contribution < 1.29 is 0 Å². The molecule has 5 aromatic heterocycles. The first kappa shape index (κ1) is 57.1. The molecule has 1 aromatic carbocycles. The summed E-state index contributed by atoms with van der Waals surface area (Å²) in [4.78, 5) is 14.1. The number of aromatic nitrogens is 2. The van der Waals surface area contributed by atoms with Crippen LogP contribution in [0.3, 0.4) is 0 Å². The van der Waals surface area contributed by atoms with Crippen LogP contribution in [0.5, 0.6) is 0 Å². The number of nitrogens with zero attached hydrogens (tertiary/aromatic N) is 2. The highest BCUT2D eigenvalue weighted by Crippen LogP contribution is 2.55. The van der Waals surface area contributed by atoms with E-state index in [1.165, 1.54) is 192 Å². The van der Waals surface area contributed by atoms with Crippen molar-refractivity contribution in [2.45, 2.75) is 246 Å². The van der Waals surface area contributed by atoms with Crippen molar-refractivity contribution in [3.05, 3.63) is 52.2 Å². The van der Waals surface area contributed by atoms with Crippen LogP contribution >= 0.6 is 68.8 Å². The molecular weight excluding hydrogens is 1050 g/mol. The van der Waals surface area contributed by atoms with Gasteiger partial charge >= 0.3 is 0 Å². The molecule has 6 aromatic rings. The third-order valence-corrected chi connectivity index (χ3v) is 36.6. The fraction of sp³-hybridized carbons (Fsp3) is 0.625. The highest BCUT2D eigenvalue weighted by molar-refractivity contribution is 8.09. The summed E-state index contributed by atoms with van der Waals surface area (Å²) in [7, 11) is -4.03. The molecule has 2 unspecified atom stereocenters. The Morgan fingerprint density at radius 2 is 0.851 bits per heavy atom. The minimum absolute atomic E-state index is 0.162. The summed E-state index contributed by atoms with van der Waals surface area (Å²) in [5.74, 6) is 0.662. The average molecular weight is 1140 g/mol. The van der Waals surface area contributed by atoms with Crippen molar-refractivity contribution in [3.63, 3.8) is 0 Å². The summed E-state index contributed by atoms with van der Waals surface area (Å²) in [6.07, 6.45) is 31.0. The molecule has 0 spiro atoms. The van der Waals surface area contributed by atoms with Gasteiger partial charge in [-0.25, -0.2) is 0 Å². The average Bonchev–Trinajstić information content (AvgIpc) is 4.24. The van der Waals surface area contributed by atoms with Gasteiger partial charge in [0.05, 0.1) is 11.7 Å². The summed E-state index contributed by atoms with van der Waals surface area (Å²) in [6.45, 7) is 26.6. The molecular formula is C64H92N2S6Si2. The van der Waals surface area contributed by atoms with Gasteiger partial charge in [0.2, 0.25) is 0 Å². The predicted octanol–water partition coefficient (Wildman–Crippen LogP) is 21.1. The molecule has 2 nitrogen and oxygen atoms in total. The predicted molar refractivity (Wildman–Crippen MR) is 346 cm³/mol. The minimum atomic E-state index is -2.06. The molecule has 0 aliphatic carbocycles. The molecule has 0 amide bonds. The third kappa shape index (κ3) is 11.5. The number of thioether (sulfide) groups is 1. The Hall–Kier alpha value is -1.64. The van der Waals surface area contributed by atoms with Gasteiger partial charge in [0.25, 0.3) is 0 Å². The lowest BCUT2D eigenvalue weighted by Gasteiger charge is -2.31. The summed E-state index contributed by atoms with van der Waals surface area (Å²) in [5.41, 5.74) is 5.28. The Kier molecular flexibility index (Phi) is 19.1. The number of allylic oxidation sites excluding steroid dienone is 1. The number of rotatable bonds is 28. The smallest absolute Gasteiger partial charge is 0.122 e. The standard InChI is InChI=1S/C64H92N2S6Si2/c1-12-17-22-27-32-44-39-49(70-62(44)64(9,10)11)50-42-53-59(69-50)58-51(73(53,35-28-23-18-13-2)36-29-24-19-14-3)40-47(67-58)45-33-34-46(57-56(45)65-72-66-57)48-41-52-60(68-48)61-54(43-55(71-61)63(6,7)8)74(52,37-30-25-20-15-4)38-31-26-21-16-5/h33-34,39-44,62H,12-32,35-38H2,1-11H3. The second kappa shape index (κ2) is 24.8. The monoisotopic (exact) mass is 1140 g/mol. The molecule has 0 N–H and O–H groups in total. The first-order valence-corrected chi connectivity index (χ1v) is 39.7. The maximum atomic E-state index is 5.24. The van der Waals surface area contributed by atoms with Crippen molar-refractivity contribution in [3.8, 4) is 40.4 Å². The van der Waals surface area contributed by atoms with Gasteiger partial charge in [-0.15, -0.1) is 57.1 Å². The van der Waals surface area contributed by atoms with E-state index in [2.05, 4.69) is 176 Å². The molecule has 0 saturated carbocycles. The van der Waals surface area contributed by atoms with Crippen LogP contribution in [0.15, 0.2) is 42.5 Å². The lowest BCUT2D eigenvalue weighted by Crippen LogP contribution is -2.54. The Morgan fingerprint density at radius 3 is 1.27 bits per heavy atom. The number of hydrogen-bond donors (Lipinski definition) is 0. The van der Waals surface area contributed by atoms with Crippen LogP contribution in [-0.2, 0) is 5.41 Å². The van der Waals surface area contributed by atoms with Gasteiger partial charge in [-0.05, 0) is 92.4 Å². The molecule has 74 heavy (non-hydrogen) atoms. The Labute approximate surface area is 476 Å². The maximum Gasteiger partial charge on any atom is 0.122 e. The van der Waals surface area contributed by atoms with Crippen molar-refractivity contribution in [2.75, 3.05) is 0 Å². The quantitative estimate of drug-likeness (QED) is 0.0362. The minimum Gasteiger partial charge on any atom is -0.172 e. The summed E-state index contributed by atoms with van der Waals surface area (Å²) in [5, 5.41) is 7.77. The third-order valence-electron chi connectivity index (χ3n) is 17.4. The van der Waals surface area contributed by atoms with Gasteiger partial charge < -0.3 is 0 Å². The molecule has 402 valence electrons. The zero-order valence-electron chi connectivity index (χ0n) is 47.7. The molecule has 8 heterocycles. The van der Waals surface area contributed by atoms with Crippen molar-refractivity contribution >= 4 is 122 Å². The summed E-state index contributed by atoms with van der Waals surface area (Å²) < 4.78 is 10.5. The first-order valence-electron chi connectivity index (χ1n) is 30.0. The fourth-order valence-corrected chi connectivity index (χ4v) is 34.5. The van der Waals surface area contributed by atoms with E-state index >= 15 is 0 Å². The Balaban J connectivity index is 1.12. The molecule has 0 bridgehead atoms. The van der Waals surface area contributed by atoms with Crippen molar-refractivity contribution in [2.24, 2.45) is 11.3 Å². The highest BCUT2D eigenvalue weighted by atomic mass is 32.2. The van der Waals surface area contributed by atoms with Crippen LogP contribution in [0, 0.1) is 11.3 Å². The van der Waals surface area contributed by atoms with Crippen LogP contribution in [0.2, 0.25) is 24.2 Å². The second-order valence-corrected chi connectivity index (χ2v) is 39.5. The normalized spacial score (nSPS) is 17.6. The number of fused-ring (bicyclic) bond motifs is 7. The molecule has 0 radical (unpaired) electrons. The zero-order chi connectivity index (χ0) is 52.3. The molecule has 3 aliphatic heterocycles. The molecule has 0 fully saturated rings. The van der Waals surface area contributed by atoms with Crippen LogP contribution in [-0.4, -0.2) is 30.1 Å². The first-order chi connectivity index (χ1) is 35.7. The SMILES string of the molecule is CCCCCCC1C=C(c2cc3c(s2)-c2sc(-c4ccc(-c5cc6c(s5)-c5sc(C(C)(C)C)cc5[Si]6(CCCCCC)CCCCCC)c5nsnc45)cc2[Si]3(CCCCCC)CCCCCC)SC1C(C)(C)C. The molecule has 9 rings (SSSR count). The molecule has 2 atom stereocenters. The maximum absolute atomic E-state index is 5.24. The van der Waals surface area contributed by atoms with E-state index < -0.39 is 16.1 Å². The van der Waals surface area contributed by atoms with E-state index in [0.29, 0.717) is 11.2 Å². The molecule has 3 aliphatic rings. The van der Waals surface area contributed by atoms with E-state index in [4.69, 9.17) is 8.75 Å². The number of benzene rings is 1. The van der Waals surface area contributed by atoms with E-state index in [9.17, 15) is 0 Å². The van der Waals surface area contributed by atoms with Gasteiger partial charge in [-0.1, -0.05) is 223 Å². The van der Waals surface area contributed by atoms with Crippen LogP contribution in [0.25, 0.3) is 56.3 Å². The molecule has 10 heteroatoms. The van der Waals surface area contributed by atoms with Gasteiger partial charge in [0.1, 0.15) is 27.2 Å².